The van der Waals surface area contributed by atoms with Crippen molar-refractivity contribution in [2.45, 2.75) is 46.2 Å². The number of thiophene rings is 1. The number of ether oxygens (including phenoxy) is 1. The standard InChI is InChI=1S/C21H25N5O4S/c1-12(2)17-8-15(16-10-23-26(13(3)4)19(16)24-17)20(28)30-11-18(27)25-21(29)22-9-14-6-5-7-31-14/h5-8,10,12-13H,9,11H2,1-4H3,(H2,22,25,27,29). The molecule has 0 aliphatic carbocycles. The minimum Gasteiger partial charge on any atom is -0.452 e. The van der Waals surface area contributed by atoms with E-state index in [1.54, 1.807) is 16.9 Å². The fourth-order valence-electron chi connectivity index (χ4n) is 2.88. The van der Waals surface area contributed by atoms with Crippen molar-refractivity contribution >= 4 is 40.3 Å². The number of urea groups is 1. The summed E-state index contributed by atoms with van der Waals surface area (Å²) in [7, 11) is 0. The van der Waals surface area contributed by atoms with Crippen molar-refractivity contribution in [2.24, 2.45) is 0 Å². The highest BCUT2D eigenvalue weighted by atomic mass is 32.1. The molecule has 0 radical (unpaired) electrons. The summed E-state index contributed by atoms with van der Waals surface area (Å²) in [6.45, 7) is 7.63. The zero-order valence-corrected chi connectivity index (χ0v) is 18.7. The van der Waals surface area contributed by atoms with Crippen molar-refractivity contribution in [2.75, 3.05) is 6.61 Å². The molecule has 0 aliphatic rings. The third-order valence-electron chi connectivity index (χ3n) is 4.48. The lowest BCUT2D eigenvalue weighted by Crippen LogP contribution is -2.41. The summed E-state index contributed by atoms with van der Waals surface area (Å²) in [5.41, 5.74) is 1.60. The minimum atomic E-state index is -0.718. The fraction of sp³-hybridized carbons (Fsp3) is 0.381. The van der Waals surface area contributed by atoms with E-state index in [-0.39, 0.29) is 17.5 Å². The lowest BCUT2D eigenvalue weighted by Gasteiger charge is -2.12. The highest BCUT2D eigenvalue weighted by Gasteiger charge is 2.21. The highest BCUT2D eigenvalue weighted by Crippen LogP contribution is 2.24. The zero-order valence-electron chi connectivity index (χ0n) is 17.8. The Labute approximate surface area is 183 Å². The molecule has 3 rings (SSSR count). The van der Waals surface area contributed by atoms with E-state index < -0.39 is 24.5 Å². The third kappa shape index (κ3) is 5.46. The molecule has 0 saturated carbocycles. The second-order valence-electron chi connectivity index (χ2n) is 7.56. The van der Waals surface area contributed by atoms with Crippen molar-refractivity contribution in [3.05, 3.63) is 45.9 Å². The number of pyridine rings is 1. The van der Waals surface area contributed by atoms with Crippen LogP contribution in [0.2, 0.25) is 0 Å². The van der Waals surface area contributed by atoms with E-state index in [1.807, 2.05) is 45.2 Å². The molecule has 164 valence electrons. The Balaban J connectivity index is 1.65. The van der Waals surface area contributed by atoms with Crippen LogP contribution in [0.1, 0.15) is 60.6 Å². The number of carbonyl (C=O) groups excluding carboxylic acids is 3. The second-order valence-corrected chi connectivity index (χ2v) is 8.59. The lowest BCUT2D eigenvalue weighted by atomic mass is 10.1. The van der Waals surface area contributed by atoms with Crippen LogP contribution in [0.3, 0.4) is 0 Å². The van der Waals surface area contributed by atoms with Crippen LogP contribution >= 0.6 is 11.3 Å². The topological polar surface area (TPSA) is 115 Å². The Morgan fingerprint density at radius 1 is 1.23 bits per heavy atom. The monoisotopic (exact) mass is 443 g/mol. The van der Waals surface area contributed by atoms with Gasteiger partial charge in [-0.1, -0.05) is 19.9 Å². The first-order valence-corrected chi connectivity index (χ1v) is 10.8. The predicted octanol–water partition coefficient (Wildman–Crippen LogP) is 3.38. The number of fused-ring (bicyclic) bond motifs is 1. The Bertz CT molecular complexity index is 1090. The summed E-state index contributed by atoms with van der Waals surface area (Å²) in [5, 5.41) is 11.5. The van der Waals surface area contributed by atoms with Crippen LogP contribution in [-0.2, 0) is 16.1 Å². The van der Waals surface area contributed by atoms with Gasteiger partial charge in [-0.05, 0) is 37.3 Å². The number of hydrogen-bond acceptors (Lipinski definition) is 7. The van der Waals surface area contributed by atoms with Crippen LogP contribution < -0.4 is 10.6 Å². The Kier molecular flexibility index (Phi) is 7.01. The summed E-state index contributed by atoms with van der Waals surface area (Å²) in [6.07, 6.45) is 1.57. The molecular formula is C21H25N5O4S. The van der Waals surface area contributed by atoms with Gasteiger partial charge in [-0.2, -0.15) is 5.10 Å². The Morgan fingerprint density at radius 2 is 2.00 bits per heavy atom. The van der Waals surface area contributed by atoms with Crippen LogP contribution in [0.15, 0.2) is 29.8 Å². The first-order chi connectivity index (χ1) is 14.8. The molecule has 31 heavy (non-hydrogen) atoms. The van der Waals surface area contributed by atoms with E-state index in [0.717, 1.165) is 10.6 Å². The summed E-state index contributed by atoms with van der Waals surface area (Å²) in [5.74, 6) is -1.31. The third-order valence-corrected chi connectivity index (χ3v) is 5.35. The van der Waals surface area contributed by atoms with Gasteiger partial charge in [0.05, 0.1) is 23.7 Å². The van der Waals surface area contributed by atoms with Crippen molar-refractivity contribution in [1.82, 2.24) is 25.4 Å². The summed E-state index contributed by atoms with van der Waals surface area (Å²) in [4.78, 5) is 42.1. The first kappa shape index (κ1) is 22.4. The van der Waals surface area contributed by atoms with Crippen molar-refractivity contribution in [1.29, 1.82) is 0 Å². The maximum absolute atomic E-state index is 12.7. The lowest BCUT2D eigenvalue weighted by molar-refractivity contribution is -0.123. The normalized spacial score (nSPS) is 11.2. The van der Waals surface area contributed by atoms with Crippen LogP contribution in [0.4, 0.5) is 4.79 Å². The number of nitrogens with zero attached hydrogens (tertiary/aromatic N) is 3. The van der Waals surface area contributed by atoms with E-state index in [2.05, 4.69) is 20.7 Å². The predicted molar refractivity (Wildman–Crippen MR) is 117 cm³/mol. The fourth-order valence-corrected chi connectivity index (χ4v) is 3.52. The van der Waals surface area contributed by atoms with Crippen molar-refractivity contribution in [3.63, 3.8) is 0 Å². The average Bonchev–Trinajstić information content (AvgIpc) is 3.39. The van der Waals surface area contributed by atoms with E-state index in [9.17, 15) is 14.4 Å². The number of aromatic nitrogens is 3. The van der Waals surface area contributed by atoms with Gasteiger partial charge in [0.25, 0.3) is 5.91 Å². The first-order valence-electron chi connectivity index (χ1n) is 9.91. The van der Waals surface area contributed by atoms with Crippen molar-refractivity contribution in [3.8, 4) is 0 Å². The summed E-state index contributed by atoms with van der Waals surface area (Å²) in [6, 6.07) is 4.82. The summed E-state index contributed by atoms with van der Waals surface area (Å²) < 4.78 is 6.90. The van der Waals surface area contributed by atoms with Gasteiger partial charge in [-0.25, -0.2) is 19.3 Å². The summed E-state index contributed by atoms with van der Waals surface area (Å²) >= 11 is 1.49. The molecule has 0 saturated heterocycles. The molecule has 0 atom stereocenters. The molecule has 2 N–H and O–H groups in total. The van der Waals surface area contributed by atoms with Crippen LogP contribution in [-0.4, -0.2) is 39.3 Å². The van der Waals surface area contributed by atoms with Crippen LogP contribution in [0.25, 0.3) is 11.0 Å². The van der Waals surface area contributed by atoms with Gasteiger partial charge < -0.3 is 10.1 Å². The zero-order chi connectivity index (χ0) is 22.5. The molecule has 0 unspecified atom stereocenters. The molecule has 0 spiro atoms. The number of nitrogens with one attached hydrogen (secondary N) is 2. The number of carbonyl (C=O) groups is 3. The number of imide groups is 1. The van der Waals surface area contributed by atoms with Gasteiger partial charge in [-0.15, -0.1) is 11.3 Å². The van der Waals surface area contributed by atoms with E-state index in [4.69, 9.17) is 4.74 Å². The maximum Gasteiger partial charge on any atom is 0.339 e. The smallest absolute Gasteiger partial charge is 0.339 e. The quantitative estimate of drug-likeness (QED) is 0.541. The molecule has 0 aromatic carbocycles. The molecule has 3 aromatic rings. The van der Waals surface area contributed by atoms with E-state index >= 15 is 0 Å². The average molecular weight is 444 g/mol. The van der Waals surface area contributed by atoms with Gasteiger partial charge >= 0.3 is 12.0 Å². The van der Waals surface area contributed by atoms with Gasteiger partial charge in [-0.3, -0.25) is 10.1 Å². The molecular weight excluding hydrogens is 418 g/mol. The molecule has 0 bridgehead atoms. The molecule has 0 fully saturated rings. The van der Waals surface area contributed by atoms with Crippen LogP contribution in [0, 0.1) is 0 Å². The highest BCUT2D eigenvalue weighted by molar-refractivity contribution is 7.09. The van der Waals surface area contributed by atoms with E-state index in [0.29, 0.717) is 17.6 Å². The molecule has 10 heteroatoms. The molecule has 0 aliphatic heterocycles. The van der Waals surface area contributed by atoms with Crippen molar-refractivity contribution < 1.29 is 19.1 Å². The SMILES string of the molecule is CC(C)c1cc(C(=O)OCC(=O)NC(=O)NCc2cccs2)c2cnn(C(C)C)c2n1. The van der Waals surface area contributed by atoms with Gasteiger partial charge in [0, 0.05) is 16.6 Å². The number of amides is 3. The second kappa shape index (κ2) is 9.69. The molecule has 9 nitrogen and oxygen atoms in total. The number of esters is 1. The van der Waals surface area contributed by atoms with Crippen LogP contribution in [0.5, 0.6) is 0 Å². The number of hydrogen-bond donors (Lipinski definition) is 2. The van der Waals surface area contributed by atoms with Gasteiger partial charge in [0.2, 0.25) is 0 Å². The van der Waals surface area contributed by atoms with E-state index in [1.165, 1.54) is 11.3 Å². The Hall–Kier alpha value is -3.27. The largest absolute Gasteiger partial charge is 0.452 e. The molecule has 3 aromatic heterocycles. The minimum absolute atomic E-state index is 0.0646. The molecule has 3 amide bonds. The number of rotatable bonds is 7. The Morgan fingerprint density at radius 3 is 2.65 bits per heavy atom. The van der Waals surface area contributed by atoms with Gasteiger partial charge in [0.15, 0.2) is 12.3 Å². The van der Waals surface area contributed by atoms with Gasteiger partial charge in [0.1, 0.15) is 0 Å². The maximum atomic E-state index is 12.7. The molecule has 3 heterocycles.